The predicted octanol–water partition coefficient (Wildman–Crippen LogP) is 4.22. The first-order chi connectivity index (χ1) is 14.4. The molecule has 0 aliphatic heterocycles. The van der Waals surface area contributed by atoms with Crippen LogP contribution in [0.15, 0.2) is 60.7 Å². The minimum absolute atomic E-state index is 0.0479. The van der Waals surface area contributed by atoms with Crippen LogP contribution in [0.4, 0.5) is 0 Å². The van der Waals surface area contributed by atoms with Crippen LogP contribution in [0.2, 0.25) is 0 Å². The van der Waals surface area contributed by atoms with Gasteiger partial charge >= 0.3 is 0 Å². The highest BCUT2D eigenvalue weighted by Gasteiger charge is 2.41. The van der Waals surface area contributed by atoms with E-state index in [1.54, 1.807) is 0 Å². The highest BCUT2D eigenvalue weighted by atomic mass is 16.2. The van der Waals surface area contributed by atoms with Gasteiger partial charge < -0.3 is 10.6 Å². The molecule has 1 aliphatic rings. The summed E-state index contributed by atoms with van der Waals surface area (Å²) in [7, 11) is 6.32. The van der Waals surface area contributed by atoms with Crippen LogP contribution in [0.1, 0.15) is 49.7 Å². The zero-order chi connectivity index (χ0) is 21.7. The molecule has 4 heteroatoms. The number of nitrogens with zero attached hydrogens (tertiary/aromatic N) is 2. The van der Waals surface area contributed by atoms with Crippen LogP contribution in [0.25, 0.3) is 0 Å². The van der Waals surface area contributed by atoms with Crippen molar-refractivity contribution < 1.29 is 4.79 Å². The number of hydrogen-bond acceptors (Lipinski definition) is 3. The van der Waals surface area contributed by atoms with E-state index in [4.69, 9.17) is 5.73 Å². The molecular weight excluding hydrogens is 370 g/mol. The van der Waals surface area contributed by atoms with Crippen molar-refractivity contribution >= 4 is 5.91 Å². The summed E-state index contributed by atoms with van der Waals surface area (Å²) < 4.78 is 0. The summed E-state index contributed by atoms with van der Waals surface area (Å²) >= 11 is 0. The summed E-state index contributed by atoms with van der Waals surface area (Å²) in [6.07, 6.45) is 4.11. The Labute approximate surface area is 182 Å². The number of amides is 1. The van der Waals surface area contributed by atoms with Crippen molar-refractivity contribution in [3.8, 4) is 0 Å². The van der Waals surface area contributed by atoms with Gasteiger partial charge in [-0.1, -0.05) is 67.6 Å². The molecule has 0 radical (unpaired) electrons. The molecule has 0 aromatic heterocycles. The second-order valence-electron chi connectivity index (χ2n) is 9.01. The van der Waals surface area contributed by atoms with Crippen molar-refractivity contribution in [3.63, 3.8) is 0 Å². The average Bonchev–Trinajstić information content (AvgIpc) is 2.80. The Morgan fingerprint density at radius 2 is 1.53 bits per heavy atom. The second kappa shape index (κ2) is 9.76. The van der Waals surface area contributed by atoms with Gasteiger partial charge in [-0.05, 0) is 56.8 Å². The van der Waals surface area contributed by atoms with Crippen LogP contribution < -0.4 is 5.73 Å². The van der Waals surface area contributed by atoms with E-state index >= 15 is 0 Å². The Morgan fingerprint density at radius 1 is 1.00 bits per heavy atom. The molecule has 0 unspecified atom stereocenters. The smallest absolute Gasteiger partial charge is 0.227 e. The summed E-state index contributed by atoms with van der Waals surface area (Å²) in [5.41, 5.74) is 8.68. The second-order valence-corrected chi connectivity index (χ2v) is 9.01. The summed E-state index contributed by atoms with van der Waals surface area (Å²) in [6.45, 7) is 2.49. The minimum atomic E-state index is -0.188. The highest BCUT2D eigenvalue weighted by Crippen LogP contribution is 2.42. The molecule has 1 fully saturated rings. The molecule has 3 rings (SSSR count). The lowest BCUT2D eigenvalue weighted by atomic mass is 9.73. The van der Waals surface area contributed by atoms with E-state index in [2.05, 4.69) is 68.4 Å². The fraction of sp³-hybridized carbons (Fsp3) is 0.500. The lowest BCUT2D eigenvalue weighted by Crippen LogP contribution is -2.50. The van der Waals surface area contributed by atoms with Gasteiger partial charge in [0, 0.05) is 25.2 Å². The molecule has 1 aliphatic carbocycles. The van der Waals surface area contributed by atoms with E-state index in [9.17, 15) is 4.79 Å². The first-order valence-electron chi connectivity index (χ1n) is 11.2. The van der Waals surface area contributed by atoms with Gasteiger partial charge in [-0.2, -0.15) is 0 Å². The van der Waals surface area contributed by atoms with Gasteiger partial charge in [0.15, 0.2) is 0 Å². The molecule has 162 valence electrons. The van der Waals surface area contributed by atoms with Crippen LogP contribution in [0, 0.1) is 5.92 Å². The zero-order valence-electron chi connectivity index (χ0n) is 18.9. The van der Waals surface area contributed by atoms with Gasteiger partial charge in [-0.25, -0.2) is 0 Å². The van der Waals surface area contributed by atoms with Gasteiger partial charge in [0.2, 0.25) is 5.91 Å². The third-order valence-corrected chi connectivity index (χ3v) is 7.34. The van der Waals surface area contributed by atoms with Gasteiger partial charge in [-0.3, -0.25) is 9.69 Å². The Hall–Kier alpha value is -2.17. The van der Waals surface area contributed by atoms with Crippen molar-refractivity contribution in [2.45, 2.75) is 50.1 Å². The third kappa shape index (κ3) is 4.45. The summed E-state index contributed by atoms with van der Waals surface area (Å²) in [5, 5.41) is 0. The number of benzene rings is 2. The quantitative estimate of drug-likeness (QED) is 0.747. The van der Waals surface area contributed by atoms with Gasteiger partial charge in [0.05, 0.1) is 5.92 Å². The topological polar surface area (TPSA) is 49.6 Å². The molecule has 4 nitrogen and oxygen atoms in total. The number of carbonyl (C=O) groups is 1. The Kier molecular flexibility index (Phi) is 7.32. The normalized spacial score (nSPS) is 23.7. The number of rotatable bonds is 7. The first kappa shape index (κ1) is 22.5. The van der Waals surface area contributed by atoms with Crippen LogP contribution in [0.3, 0.4) is 0 Å². The molecule has 0 spiro atoms. The molecule has 1 saturated carbocycles. The summed E-state index contributed by atoms with van der Waals surface area (Å²) in [4.78, 5) is 17.7. The van der Waals surface area contributed by atoms with E-state index < -0.39 is 0 Å². The molecule has 0 saturated heterocycles. The fourth-order valence-electron chi connectivity index (χ4n) is 5.16. The third-order valence-electron chi connectivity index (χ3n) is 7.34. The Balaban J connectivity index is 1.70. The van der Waals surface area contributed by atoms with Crippen LogP contribution in [0.5, 0.6) is 0 Å². The largest absolute Gasteiger partial charge is 0.342 e. The summed E-state index contributed by atoms with van der Waals surface area (Å²) in [5.74, 6) is 0.0999. The van der Waals surface area contributed by atoms with Crippen LogP contribution >= 0.6 is 0 Å². The van der Waals surface area contributed by atoms with E-state index in [0.717, 1.165) is 25.7 Å². The minimum Gasteiger partial charge on any atom is -0.342 e. The van der Waals surface area contributed by atoms with E-state index in [-0.39, 0.29) is 29.3 Å². The van der Waals surface area contributed by atoms with E-state index in [1.165, 1.54) is 11.1 Å². The maximum absolute atomic E-state index is 13.4. The first-order valence-corrected chi connectivity index (χ1v) is 11.2. The maximum Gasteiger partial charge on any atom is 0.227 e. The molecule has 30 heavy (non-hydrogen) atoms. The molecule has 0 heterocycles. The SMILES string of the molecule is C[C@@H](c1ccccc1)[C@@H](CN)C(=O)N(C)[C@H]1CC[C@](c2ccccc2)(N(C)C)CC1. The maximum atomic E-state index is 13.4. The van der Waals surface area contributed by atoms with Crippen molar-refractivity contribution in [1.29, 1.82) is 0 Å². The van der Waals surface area contributed by atoms with Crippen molar-refractivity contribution in [2.24, 2.45) is 11.7 Å². The molecule has 0 bridgehead atoms. The van der Waals surface area contributed by atoms with Gasteiger partial charge in [0.1, 0.15) is 0 Å². The van der Waals surface area contributed by atoms with Crippen molar-refractivity contribution in [2.75, 3.05) is 27.7 Å². The zero-order valence-corrected chi connectivity index (χ0v) is 18.9. The van der Waals surface area contributed by atoms with E-state index in [0.29, 0.717) is 6.54 Å². The van der Waals surface area contributed by atoms with Gasteiger partial charge in [-0.15, -0.1) is 0 Å². The van der Waals surface area contributed by atoms with Crippen LogP contribution in [-0.2, 0) is 10.3 Å². The predicted molar refractivity (Wildman–Crippen MR) is 124 cm³/mol. The number of carbonyl (C=O) groups excluding carboxylic acids is 1. The molecule has 2 N–H and O–H groups in total. The van der Waals surface area contributed by atoms with Crippen molar-refractivity contribution in [3.05, 3.63) is 71.8 Å². The summed E-state index contributed by atoms with van der Waals surface area (Å²) in [6, 6.07) is 21.3. The van der Waals surface area contributed by atoms with Gasteiger partial charge in [0.25, 0.3) is 0 Å². The molecule has 2 aromatic rings. The monoisotopic (exact) mass is 407 g/mol. The lowest BCUT2D eigenvalue weighted by molar-refractivity contribution is -0.138. The molecule has 2 atom stereocenters. The van der Waals surface area contributed by atoms with Crippen LogP contribution in [-0.4, -0.2) is 49.4 Å². The fourth-order valence-corrected chi connectivity index (χ4v) is 5.16. The number of hydrogen-bond donors (Lipinski definition) is 1. The van der Waals surface area contributed by atoms with E-state index in [1.807, 2.05) is 30.1 Å². The lowest BCUT2D eigenvalue weighted by Gasteiger charge is -2.47. The molecule has 2 aromatic carbocycles. The molecular formula is C26H37N3O. The standard InChI is InChI=1S/C26H37N3O/c1-20(21-11-7-5-8-12-21)24(19-27)25(30)29(4)23-15-17-26(18-16-23,28(2)3)22-13-9-6-10-14-22/h5-14,20,23-24H,15-19,27H2,1-4H3/t20-,23-,24+,26-/m0/s1. The molecule has 1 amide bonds. The number of nitrogens with two attached hydrogens (primary N) is 1. The highest BCUT2D eigenvalue weighted by molar-refractivity contribution is 5.80. The Morgan fingerprint density at radius 3 is 2.03 bits per heavy atom. The average molecular weight is 408 g/mol. The van der Waals surface area contributed by atoms with Crippen molar-refractivity contribution in [1.82, 2.24) is 9.80 Å². The Bertz CT molecular complexity index is 798.